The molecule has 0 aliphatic rings. The molecular formula is C14H27N3. The van der Waals surface area contributed by atoms with Gasteiger partial charge in [-0.2, -0.15) is 5.10 Å². The second-order valence-electron chi connectivity index (χ2n) is 4.93. The van der Waals surface area contributed by atoms with Crippen LogP contribution in [0.1, 0.15) is 56.5 Å². The number of nitrogens with zero attached hydrogens (tertiary/aromatic N) is 2. The molecule has 0 bridgehead atoms. The third kappa shape index (κ3) is 3.84. The molecule has 1 heterocycles. The third-order valence-electron chi connectivity index (χ3n) is 3.50. The number of rotatable bonds is 7. The zero-order valence-electron chi connectivity index (χ0n) is 12.0. The van der Waals surface area contributed by atoms with E-state index in [4.69, 9.17) is 0 Å². The summed E-state index contributed by atoms with van der Waals surface area (Å²) in [6.07, 6.45) is 5.05. The average molecular weight is 237 g/mol. The van der Waals surface area contributed by atoms with Crippen LogP contribution in [-0.2, 0) is 13.6 Å². The first kappa shape index (κ1) is 14.2. The number of hydrogen-bond donors (Lipinski definition) is 1. The van der Waals surface area contributed by atoms with Gasteiger partial charge in [0.05, 0.1) is 5.69 Å². The Morgan fingerprint density at radius 3 is 2.18 bits per heavy atom. The zero-order valence-corrected chi connectivity index (χ0v) is 12.0. The molecule has 98 valence electrons. The summed E-state index contributed by atoms with van der Waals surface area (Å²) in [5.41, 5.74) is 3.80. The van der Waals surface area contributed by atoms with Crippen LogP contribution >= 0.6 is 0 Å². The van der Waals surface area contributed by atoms with Crippen molar-refractivity contribution in [2.45, 2.75) is 66.0 Å². The lowest BCUT2D eigenvalue weighted by Crippen LogP contribution is -2.28. The highest BCUT2D eigenvalue weighted by molar-refractivity contribution is 5.24. The fourth-order valence-electron chi connectivity index (χ4n) is 2.37. The molecule has 0 aromatic carbocycles. The first-order valence-corrected chi connectivity index (χ1v) is 6.82. The van der Waals surface area contributed by atoms with E-state index in [1.807, 2.05) is 11.7 Å². The van der Waals surface area contributed by atoms with Crippen molar-refractivity contribution in [1.82, 2.24) is 15.1 Å². The summed E-state index contributed by atoms with van der Waals surface area (Å²) in [6.45, 7) is 9.70. The SMILES string of the molecule is CCCC(CCC)NCc1c(C)nn(C)c1C. The van der Waals surface area contributed by atoms with Crippen molar-refractivity contribution in [2.24, 2.45) is 7.05 Å². The van der Waals surface area contributed by atoms with E-state index in [0.29, 0.717) is 6.04 Å². The van der Waals surface area contributed by atoms with Crippen LogP contribution in [0.3, 0.4) is 0 Å². The standard InChI is InChI=1S/C14H27N3/c1-6-8-13(9-7-2)15-10-14-11(3)16-17(5)12(14)4/h13,15H,6-10H2,1-5H3. The molecule has 3 nitrogen and oxygen atoms in total. The van der Waals surface area contributed by atoms with Gasteiger partial charge in [-0.15, -0.1) is 0 Å². The van der Waals surface area contributed by atoms with Gasteiger partial charge in [-0.05, 0) is 26.7 Å². The van der Waals surface area contributed by atoms with Gasteiger partial charge in [0.1, 0.15) is 0 Å². The smallest absolute Gasteiger partial charge is 0.0641 e. The molecule has 0 atom stereocenters. The lowest BCUT2D eigenvalue weighted by molar-refractivity contribution is 0.442. The van der Waals surface area contributed by atoms with Crippen molar-refractivity contribution in [3.8, 4) is 0 Å². The Morgan fingerprint density at radius 2 is 1.76 bits per heavy atom. The topological polar surface area (TPSA) is 29.9 Å². The molecule has 0 amide bonds. The molecule has 0 radical (unpaired) electrons. The maximum atomic E-state index is 4.46. The van der Waals surface area contributed by atoms with Crippen molar-refractivity contribution >= 4 is 0 Å². The van der Waals surface area contributed by atoms with Crippen LogP contribution in [0, 0.1) is 13.8 Å². The quantitative estimate of drug-likeness (QED) is 0.789. The van der Waals surface area contributed by atoms with Crippen LogP contribution in [0.5, 0.6) is 0 Å². The second kappa shape index (κ2) is 6.80. The first-order valence-electron chi connectivity index (χ1n) is 6.82. The Bertz CT molecular complexity index is 335. The molecule has 1 rings (SSSR count). The molecule has 17 heavy (non-hydrogen) atoms. The van der Waals surface area contributed by atoms with Crippen molar-refractivity contribution in [3.05, 3.63) is 17.0 Å². The Balaban J connectivity index is 2.58. The van der Waals surface area contributed by atoms with Gasteiger partial charge in [0.15, 0.2) is 0 Å². The van der Waals surface area contributed by atoms with Crippen molar-refractivity contribution < 1.29 is 0 Å². The monoisotopic (exact) mass is 237 g/mol. The number of aromatic nitrogens is 2. The molecule has 0 saturated heterocycles. The fourth-order valence-corrected chi connectivity index (χ4v) is 2.37. The van der Waals surface area contributed by atoms with Gasteiger partial charge in [0, 0.05) is 30.9 Å². The van der Waals surface area contributed by atoms with Crippen LogP contribution in [0.25, 0.3) is 0 Å². The predicted molar refractivity (Wildman–Crippen MR) is 73.1 cm³/mol. The van der Waals surface area contributed by atoms with Crippen molar-refractivity contribution in [3.63, 3.8) is 0 Å². The molecule has 0 saturated carbocycles. The normalized spacial score (nSPS) is 11.4. The minimum absolute atomic E-state index is 0.656. The Morgan fingerprint density at radius 1 is 1.18 bits per heavy atom. The van der Waals surface area contributed by atoms with E-state index in [1.54, 1.807) is 0 Å². The van der Waals surface area contributed by atoms with Gasteiger partial charge < -0.3 is 5.32 Å². The molecule has 0 aliphatic heterocycles. The largest absolute Gasteiger partial charge is 0.310 e. The number of aryl methyl sites for hydroxylation is 2. The highest BCUT2D eigenvalue weighted by Gasteiger charge is 2.11. The molecule has 0 unspecified atom stereocenters. The van der Waals surface area contributed by atoms with Crippen LogP contribution in [0.4, 0.5) is 0 Å². The van der Waals surface area contributed by atoms with Gasteiger partial charge in [-0.1, -0.05) is 26.7 Å². The van der Waals surface area contributed by atoms with E-state index >= 15 is 0 Å². The van der Waals surface area contributed by atoms with Gasteiger partial charge >= 0.3 is 0 Å². The van der Waals surface area contributed by atoms with Gasteiger partial charge in [-0.25, -0.2) is 0 Å². The molecule has 1 aromatic rings. The van der Waals surface area contributed by atoms with Crippen LogP contribution in [0.2, 0.25) is 0 Å². The van der Waals surface area contributed by atoms with Crippen LogP contribution < -0.4 is 5.32 Å². The third-order valence-corrected chi connectivity index (χ3v) is 3.50. The predicted octanol–water partition coefficient (Wildman–Crippen LogP) is 3.10. The van der Waals surface area contributed by atoms with E-state index < -0.39 is 0 Å². The summed E-state index contributed by atoms with van der Waals surface area (Å²) >= 11 is 0. The Hall–Kier alpha value is -0.830. The van der Waals surface area contributed by atoms with E-state index in [9.17, 15) is 0 Å². The highest BCUT2D eigenvalue weighted by atomic mass is 15.3. The summed E-state index contributed by atoms with van der Waals surface area (Å²) in [6, 6.07) is 0.656. The second-order valence-corrected chi connectivity index (χ2v) is 4.93. The molecule has 0 spiro atoms. The van der Waals surface area contributed by atoms with Gasteiger partial charge in [0.25, 0.3) is 0 Å². The molecule has 0 aliphatic carbocycles. The van der Waals surface area contributed by atoms with Crippen molar-refractivity contribution in [1.29, 1.82) is 0 Å². The summed E-state index contributed by atoms with van der Waals surface area (Å²) in [4.78, 5) is 0. The van der Waals surface area contributed by atoms with Crippen LogP contribution in [-0.4, -0.2) is 15.8 Å². The molecule has 1 N–H and O–H groups in total. The minimum Gasteiger partial charge on any atom is -0.310 e. The van der Waals surface area contributed by atoms with Gasteiger partial charge in [0.2, 0.25) is 0 Å². The molecular weight excluding hydrogens is 210 g/mol. The first-order chi connectivity index (χ1) is 8.10. The fraction of sp³-hybridized carbons (Fsp3) is 0.786. The molecule has 3 heteroatoms. The zero-order chi connectivity index (χ0) is 12.8. The lowest BCUT2D eigenvalue weighted by atomic mass is 10.1. The highest BCUT2D eigenvalue weighted by Crippen LogP contribution is 2.13. The summed E-state index contributed by atoms with van der Waals surface area (Å²) < 4.78 is 1.97. The molecule has 0 fully saturated rings. The van der Waals surface area contributed by atoms with Crippen molar-refractivity contribution in [2.75, 3.05) is 0 Å². The summed E-state index contributed by atoms with van der Waals surface area (Å²) in [7, 11) is 2.02. The average Bonchev–Trinajstić information content (AvgIpc) is 2.51. The maximum absolute atomic E-state index is 4.46. The number of hydrogen-bond acceptors (Lipinski definition) is 2. The van der Waals surface area contributed by atoms with E-state index in [2.05, 4.69) is 38.1 Å². The summed E-state index contributed by atoms with van der Waals surface area (Å²) in [5, 5.41) is 8.14. The van der Waals surface area contributed by atoms with Gasteiger partial charge in [-0.3, -0.25) is 4.68 Å². The summed E-state index contributed by atoms with van der Waals surface area (Å²) in [5.74, 6) is 0. The van der Waals surface area contributed by atoms with E-state index in [1.165, 1.54) is 36.9 Å². The number of nitrogens with one attached hydrogen (secondary N) is 1. The Kier molecular flexibility index (Phi) is 5.69. The molecule has 1 aromatic heterocycles. The lowest BCUT2D eigenvalue weighted by Gasteiger charge is -2.17. The van der Waals surface area contributed by atoms with E-state index in [-0.39, 0.29) is 0 Å². The maximum Gasteiger partial charge on any atom is 0.0641 e. The van der Waals surface area contributed by atoms with E-state index in [0.717, 1.165) is 12.2 Å². The Labute approximate surface area is 106 Å². The van der Waals surface area contributed by atoms with Crippen LogP contribution in [0.15, 0.2) is 0 Å². The minimum atomic E-state index is 0.656.